The molecule has 0 bridgehead atoms. The Morgan fingerprint density at radius 3 is 2.36 bits per heavy atom. The van der Waals surface area contributed by atoms with Crippen LogP contribution in [-0.2, 0) is 16.1 Å². The van der Waals surface area contributed by atoms with Crippen LogP contribution in [0.4, 0.5) is 0 Å². The van der Waals surface area contributed by atoms with Crippen LogP contribution in [0.3, 0.4) is 0 Å². The van der Waals surface area contributed by atoms with Crippen molar-refractivity contribution in [2.24, 2.45) is 0 Å². The second-order valence-corrected chi connectivity index (χ2v) is 5.40. The van der Waals surface area contributed by atoms with E-state index in [0.29, 0.717) is 12.5 Å². The summed E-state index contributed by atoms with van der Waals surface area (Å²) in [7, 11) is 0. The third kappa shape index (κ3) is 4.09. The smallest absolute Gasteiger partial charge is 0.323 e. The minimum atomic E-state index is -0.195. The molecular formula is C18H20ClNO2. The predicted molar refractivity (Wildman–Crippen MR) is 89.1 cm³/mol. The van der Waals surface area contributed by atoms with Crippen molar-refractivity contribution in [2.45, 2.75) is 25.0 Å². The van der Waals surface area contributed by atoms with Crippen LogP contribution in [0.25, 0.3) is 0 Å². The van der Waals surface area contributed by atoms with E-state index in [-0.39, 0.29) is 24.4 Å². The SMILES string of the molecule is Cl.O=C(OCc1ccccc1)[C@@H]1C[C@@H](c2ccccc2)CN1. The lowest BCUT2D eigenvalue weighted by Crippen LogP contribution is -2.32. The molecule has 0 aromatic heterocycles. The number of carbonyl (C=O) groups excluding carboxylic acids is 1. The lowest BCUT2D eigenvalue weighted by Gasteiger charge is -2.11. The lowest BCUT2D eigenvalue weighted by molar-refractivity contribution is -0.147. The standard InChI is InChI=1S/C18H19NO2.ClH/c20-18(21-13-14-7-3-1-4-8-14)17-11-16(12-19-17)15-9-5-2-6-10-15;/h1-10,16-17,19H,11-13H2;1H/t16-,17+;/m1./s1. The van der Waals surface area contributed by atoms with E-state index in [9.17, 15) is 4.79 Å². The van der Waals surface area contributed by atoms with Crippen molar-refractivity contribution in [2.75, 3.05) is 6.54 Å². The first-order chi connectivity index (χ1) is 10.3. The van der Waals surface area contributed by atoms with Crippen LogP contribution in [-0.4, -0.2) is 18.6 Å². The van der Waals surface area contributed by atoms with E-state index in [1.54, 1.807) is 0 Å². The van der Waals surface area contributed by atoms with Crippen molar-refractivity contribution < 1.29 is 9.53 Å². The van der Waals surface area contributed by atoms with Gasteiger partial charge >= 0.3 is 5.97 Å². The minimum absolute atomic E-state index is 0. The van der Waals surface area contributed by atoms with Gasteiger partial charge in [0.2, 0.25) is 0 Å². The number of ether oxygens (including phenoxy) is 1. The Hall–Kier alpha value is -1.84. The summed E-state index contributed by atoms with van der Waals surface area (Å²) < 4.78 is 5.39. The van der Waals surface area contributed by atoms with Crippen molar-refractivity contribution in [1.29, 1.82) is 0 Å². The normalized spacial score (nSPS) is 20.2. The van der Waals surface area contributed by atoms with E-state index in [2.05, 4.69) is 17.4 Å². The van der Waals surface area contributed by atoms with Gasteiger partial charge in [0.1, 0.15) is 12.6 Å². The van der Waals surface area contributed by atoms with Gasteiger partial charge in [-0.2, -0.15) is 0 Å². The molecule has 116 valence electrons. The summed E-state index contributed by atoms with van der Waals surface area (Å²) in [5.74, 6) is 0.234. The van der Waals surface area contributed by atoms with Crippen LogP contribution in [0.5, 0.6) is 0 Å². The highest BCUT2D eigenvalue weighted by Crippen LogP contribution is 2.26. The van der Waals surface area contributed by atoms with Gasteiger partial charge in [0.15, 0.2) is 0 Å². The molecule has 0 unspecified atom stereocenters. The van der Waals surface area contributed by atoms with Gasteiger partial charge in [-0.1, -0.05) is 60.7 Å². The second-order valence-electron chi connectivity index (χ2n) is 5.40. The highest BCUT2D eigenvalue weighted by Gasteiger charge is 2.31. The first-order valence-electron chi connectivity index (χ1n) is 7.32. The second kappa shape index (κ2) is 7.97. The summed E-state index contributed by atoms with van der Waals surface area (Å²) in [4.78, 5) is 12.1. The number of hydrogen-bond donors (Lipinski definition) is 1. The fraction of sp³-hybridized carbons (Fsp3) is 0.278. The fourth-order valence-corrected chi connectivity index (χ4v) is 2.72. The third-order valence-corrected chi connectivity index (χ3v) is 3.91. The number of rotatable bonds is 4. The van der Waals surface area contributed by atoms with Crippen LogP contribution >= 0.6 is 12.4 Å². The molecule has 3 rings (SSSR count). The molecule has 0 aliphatic carbocycles. The van der Waals surface area contributed by atoms with Gasteiger partial charge < -0.3 is 10.1 Å². The summed E-state index contributed by atoms with van der Waals surface area (Å²) in [6.45, 7) is 1.17. The van der Waals surface area contributed by atoms with Crippen molar-refractivity contribution >= 4 is 18.4 Å². The summed E-state index contributed by atoms with van der Waals surface area (Å²) in [6, 6.07) is 19.9. The van der Waals surface area contributed by atoms with Crippen molar-refractivity contribution in [1.82, 2.24) is 5.32 Å². The molecule has 1 aliphatic heterocycles. The Balaban J connectivity index is 0.00000176. The van der Waals surface area contributed by atoms with E-state index in [1.807, 2.05) is 48.5 Å². The van der Waals surface area contributed by atoms with Gasteiger partial charge in [-0.3, -0.25) is 4.79 Å². The molecule has 0 spiro atoms. The molecule has 0 amide bonds. The highest BCUT2D eigenvalue weighted by molar-refractivity contribution is 5.85. The molecule has 2 aromatic carbocycles. The van der Waals surface area contributed by atoms with Gasteiger partial charge in [-0.25, -0.2) is 0 Å². The highest BCUT2D eigenvalue weighted by atomic mass is 35.5. The Bertz CT molecular complexity index is 589. The Morgan fingerprint density at radius 1 is 1.05 bits per heavy atom. The largest absolute Gasteiger partial charge is 0.460 e. The first kappa shape index (κ1) is 16.5. The monoisotopic (exact) mass is 317 g/mol. The van der Waals surface area contributed by atoms with E-state index in [1.165, 1.54) is 5.56 Å². The number of benzene rings is 2. The number of nitrogens with one attached hydrogen (secondary N) is 1. The van der Waals surface area contributed by atoms with Crippen LogP contribution in [0.2, 0.25) is 0 Å². The van der Waals surface area contributed by atoms with Gasteiger partial charge in [-0.15, -0.1) is 12.4 Å². The van der Waals surface area contributed by atoms with Crippen LogP contribution < -0.4 is 5.32 Å². The van der Waals surface area contributed by atoms with Crippen molar-refractivity contribution in [3.8, 4) is 0 Å². The molecule has 0 saturated carbocycles. The first-order valence-corrected chi connectivity index (χ1v) is 7.32. The Morgan fingerprint density at radius 2 is 1.68 bits per heavy atom. The fourth-order valence-electron chi connectivity index (χ4n) is 2.72. The van der Waals surface area contributed by atoms with E-state index < -0.39 is 0 Å². The Kier molecular flexibility index (Phi) is 5.99. The van der Waals surface area contributed by atoms with Gasteiger partial charge in [0, 0.05) is 6.54 Å². The molecule has 1 saturated heterocycles. The summed E-state index contributed by atoms with van der Waals surface area (Å²) in [5.41, 5.74) is 2.30. The molecule has 1 N–H and O–H groups in total. The topological polar surface area (TPSA) is 38.3 Å². The maximum atomic E-state index is 12.1. The number of carbonyl (C=O) groups is 1. The van der Waals surface area contributed by atoms with Gasteiger partial charge in [-0.05, 0) is 23.5 Å². The zero-order valence-corrected chi connectivity index (χ0v) is 13.1. The average Bonchev–Trinajstić information content (AvgIpc) is 3.04. The summed E-state index contributed by atoms with van der Waals surface area (Å²) in [5, 5.41) is 3.27. The van der Waals surface area contributed by atoms with Crippen LogP contribution in [0.15, 0.2) is 60.7 Å². The molecule has 1 heterocycles. The van der Waals surface area contributed by atoms with E-state index in [0.717, 1.165) is 18.5 Å². The van der Waals surface area contributed by atoms with Crippen LogP contribution in [0.1, 0.15) is 23.5 Å². The number of esters is 1. The zero-order chi connectivity index (χ0) is 14.5. The molecule has 2 aromatic rings. The minimum Gasteiger partial charge on any atom is -0.460 e. The molecule has 2 atom stereocenters. The number of hydrogen-bond acceptors (Lipinski definition) is 3. The number of halogens is 1. The Labute approximate surface area is 137 Å². The average molecular weight is 318 g/mol. The zero-order valence-electron chi connectivity index (χ0n) is 12.3. The molecule has 0 radical (unpaired) electrons. The van der Waals surface area contributed by atoms with Crippen molar-refractivity contribution in [3.63, 3.8) is 0 Å². The maximum Gasteiger partial charge on any atom is 0.323 e. The molecular weight excluding hydrogens is 298 g/mol. The molecule has 3 nitrogen and oxygen atoms in total. The molecule has 4 heteroatoms. The summed E-state index contributed by atoms with van der Waals surface area (Å²) >= 11 is 0. The lowest BCUT2D eigenvalue weighted by atomic mass is 9.96. The predicted octanol–water partition coefficient (Wildman–Crippen LogP) is 3.30. The molecule has 22 heavy (non-hydrogen) atoms. The van der Waals surface area contributed by atoms with Gasteiger partial charge in [0.05, 0.1) is 0 Å². The van der Waals surface area contributed by atoms with Crippen LogP contribution in [0, 0.1) is 0 Å². The van der Waals surface area contributed by atoms with E-state index >= 15 is 0 Å². The molecule has 1 fully saturated rings. The quantitative estimate of drug-likeness (QED) is 0.879. The van der Waals surface area contributed by atoms with Crippen molar-refractivity contribution in [3.05, 3.63) is 71.8 Å². The third-order valence-electron chi connectivity index (χ3n) is 3.91. The van der Waals surface area contributed by atoms with Gasteiger partial charge in [0.25, 0.3) is 0 Å². The van der Waals surface area contributed by atoms with E-state index in [4.69, 9.17) is 4.74 Å². The molecule has 1 aliphatic rings. The maximum absolute atomic E-state index is 12.1. The summed E-state index contributed by atoms with van der Waals surface area (Å²) in [6.07, 6.45) is 0.803.